The summed E-state index contributed by atoms with van der Waals surface area (Å²) < 4.78 is 28.3. The summed E-state index contributed by atoms with van der Waals surface area (Å²) in [5.41, 5.74) is 0.365. The van der Waals surface area contributed by atoms with Crippen LogP contribution in [0.4, 0.5) is 10.1 Å². The van der Waals surface area contributed by atoms with Gasteiger partial charge in [0.05, 0.1) is 25.5 Å². The fourth-order valence-corrected chi connectivity index (χ4v) is 1.91. The van der Waals surface area contributed by atoms with E-state index in [2.05, 4.69) is 20.2 Å². The highest BCUT2D eigenvalue weighted by Gasteiger charge is 2.14. The van der Waals surface area contributed by atoms with Gasteiger partial charge in [0, 0.05) is 5.69 Å². The Hall–Kier alpha value is -3.16. The van der Waals surface area contributed by atoms with Gasteiger partial charge in [0.15, 0.2) is 5.76 Å². The molecular formula is C15H12FN3O4. The van der Waals surface area contributed by atoms with Crippen LogP contribution in [0.1, 0.15) is 16.2 Å². The van der Waals surface area contributed by atoms with Gasteiger partial charge in [-0.25, -0.2) is 9.18 Å². The molecule has 0 bridgehead atoms. The minimum atomic E-state index is -0.746. The highest BCUT2D eigenvalue weighted by atomic mass is 19.1. The van der Waals surface area contributed by atoms with Gasteiger partial charge in [0.2, 0.25) is 11.7 Å². The van der Waals surface area contributed by atoms with Crippen LogP contribution < -0.4 is 5.32 Å². The van der Waals surface area contributed by atoms with Crippen molar-refractivity contribution in [2.45, 2.75) is 6.54 Å². The molecule has 118 valence electrons. The quantitative estimate of drug-likeness (QED) is 0.723. The van der Waals surface area contributed by atoms with Gasteiger partial charge in [-0.15, -0.1) is 0 Å². The Balaban J connectivity index is 1.70. The number of carbonyl (C=O) groups excluding carboxylic acids is 1. The number of nitrogens with one attached hydrogen (secondary N) is 1. The van der Waals surface area contributed by atoms with Crippen LogP contribution in [-0.4, -0.2) is 23.2 Å². The fourth-order valence-electron chi connectivity index (χ4n) is 1.91. The molecule has 0 fully saturated rings. The molecule has 1 N–H and O–H groups in total. The van der Waals surface area contributed by atoms with Crippen molar-refractivity contribution >= 4 is 11.7 Å². The molecule has 0 atom stereocenters. The van der Waals surface area contributed by atoms with Crippen molar-refractivity contribution in [2.75, 3.05) is 12.4 Å². The maximum absolute atomic E-state index is 13.6. The zero-order valence-corrected chi connectivity index (χ0v) is 12.1. The lowest BCUT2D eigenvalue weighted by atomic mass is 10.2. The highest BCUT2D eigenvalue weighted by molar-refractivity contribution is 5.90. The predicted molar refractivity (Wildman–Crippen MR) is 77.1 cm³/mol. The fraction of sp³-hybridized carbons (Fsp3) is 0.133. The van der Waals surface area contributed by atoms with Gasteiger partial charge in [-0.05, 0) is 30.3 Å². The third-order valence-corrected chi connectivity index (χ3v) is 3.03. The summed E-state index contributed by atoms with van der Waals surface area (Å²) >= 11 is 0. The average molecular weight is 317 g/mol. The van der Waals surface area contributed by atoms with E-state index in [1.807, 2.05) is 0 Å². The number of aromatic nitrogens is 2. The monoisotopic (exact) mass is 317 g/mol. The van der Waals surface area contributed by atoms with Gasteiger partial charge in [-0.3, -0.25) is 0 Å². The smallest absolute Gasteiger partial charge is 0.340 e. The van der Waals surface area contributed by atoms with E-state index in [0.717, 1.165) is 0 Å². The molecule has 3 aromatic rings. The Bertz CT molecular complexity index is 814. The topological polar surface area (TPSA) is 90.4 Å². The van der Waals surface area contributed by atoms with Crippen LogP contribution in [0.15, 0.2) is 45.5 Å². The van der Waals surface area contributed by atoms with E-state index < -0.39 is 11.8 Å². The molecule has 0 spiro atoms. The normalized spacial score (nSPS) is 10.5. The van der Waals surface area contributed by atoms with E-state index in [-0.39, 0.29) is 12.1 Å². The number of hydrogen-bond donors (Lipinski definition) is 1. The van der Waals surface area contributed by atoms with Gasteiger partial charge in [-0.2, -0.15) is 4.98 Å². The molecule has 0 saturated carbocycles. The van der Waals surface area contributed by atoms with Crippen LogP contribution in [0, 0.1) is 5.82 Å². The first-order chi connectivity index (χ1) is 11.2. The first kappa shape index (κ1) is 14.8. The molecular weight excluding hydrogens is 305 g/mol. The summed E-state index contributed by atoms with van der Waals surface area (Å²) in [6.45, 7) is 0.208. The number of carbonyl (C=O) groups is 1. The van der Waals surface area contributed by atoms with Crippen LogP contribution >= 0.6 is 0 Å². The van der Waals surface area contributed by atoms with Crippen LogP contribution in [0.25, 0.3) is 11.6 Å². The Morgan fingerprint density at radius 3 is 3.00 bits per heavy atom. The number of nitrogens with zero attached hydrogens (tertiary/aromatic N) is 2. The molecule has 7 nitrogen and oxygen atoms in total. The largest absolute Gasteiger partial charge is 0.465 e. The van der Waals surface area contributed by atoms with E-state index in [9.17, 15) is 9.18 Å². The number of hydrogen-bond acceptors (Lipinski definition) is 7. The van der Waals surface area contributed by atoms with Crippen LogP contribution in [0.5, 0.6) is 0 Å². The second kappa shape index (κ2) is 6.30. The van der Waals surface area contributed by atoms with Gasteiger partial charge < -0.3 is 19.0 Å². The van der Waals surface area contributed by atoms with E-state index in [1.54, 1.807) is 12.1 Å². The molecule has 0 aliphatic rings. The van der Waals surface area contributed by atoms with Crippen LogP contribution in [0.2, 0.25) is 0 Å². The van der Waals surface area contributed by atoms with Crippen molar-refractivity contribution in [1.82, 2.24) is 10.1 Å². The average Bonchev–Trinajstić information content (AvgIpc) is 3.24. The van der Waals surface area contributed by atoms with Crippen molar-refractivity contribution in [3.63, 3.8) is 0 Å². The van der Waals surface area contributed by atoms with Gasteiger partial charge >= 0.3 is 5.97 Å². The first-order valence-corrected chi connectivity index (χ1v) is 6.65. The molecule has 1 aromatic carbocycles. The SMILES string of the molecule is COC(=O)c1cc(NCc2nc(-c3ccco3)no2)ccc1F. The van der Waals surface area contributed by atoms with Crippen LogP contribution in [-0.2, 0) is 11.3 Å². The third kappa shape index (κ3) is 3.20. The number of esters is 1. The molecule has 0 saturated heterocycles. The van der Waals surface area contributed by atoms with Crippen molar-refractivity contribution in [3.8, 4) is 11.6 Å². The third-order valence-electron chi connectivity index (χ3n) is 3.03. The van der Waals surface area contributed by atoms with Crippen molar-refractivity contribution in [1.29, 1.82) is 0 Å². The lowest BCUT2D eigenvalue weighted by molar-refractivity contribution is 0.0595. The lowest BCUT2D eigenvalue weighted by Crippen LogP contribution is -2.06. The lowest BCUT2D eigenvalue weighted by Gasteiger charge is -2.06. The molecule has 2 aromatic heterocycles. The highest BCUT2D eigenvalue weighted by Crippen LogP contribution is 2.18. The number of methoxy groups -OCH3 is 1. The standard InChI is InChI=1S/C15H12FN3O4/c1-21-15(20)10-7-9(4-5-11(10)16)17-8-13-18-14(19-23-13)12-3-2-6-22-12/h2-7,17H,8H2,1H3. The van der Waals surface area contributed by atoms with Crippen LogP contribution in [0.3, 0.4) is 0 Å². The summed E-state index contributed by atoms with van der Waals surface area (Å²) in [4.78, 5) is 15.6. The number of halogens is 1. The second-order valence-electron chi connectivity index (χ2n) is 4.53. The van der Waals surface area contributed by atoms with Gasteiger partial charge in [0.25, 0.3) is 0 Å². The Kier molecular flexibility index (Phi) is 4.05. The summed E-state index contributed by atoms with van der Waals surface area (Å²) in [6.07, 6.45) is 1.51. The molecule has 3 rings (SSSR count). The summed E-state index contributed by atoms with van der Waals surface area (Å²) in [5, 5.41) is 6.75. The molecule has 0 radical (unpaired) electrons. The van der Waals surface area contributed by atoms with Gasteiger partial charge in [0.1, 0.15) is 5.82 Å². The van der Waals surface area contributed by atoms with Crippen molar-refractivity contribution < 1.29 is 22.9 Å². The number of rotatable bonds is 5. The first-order valence-electron chi connectivity index (χ1n) is 6.65. The number of benzene rings is 1. The molecule has 0 unspecified atom stereocenters. The molecule has 0 aliphatic carbocycles. The molecule has 23 heavy (non-hydrogen) atoms. The zero-order valence-electron chi connectivity index (χ0n) is 12.1. The Morgan fingerprint density at radius 2 is 2.26 bits per heavy atom. The number of anilines is 1. The number of furan rings is 1. The minimum Gasteiger partial charge on any atom is -0.465 e. The number of ether oxygens (including phenoxy) is 1. The summed E-state index contributed by atoms with van der Waals surface area (Å²) in [6, 6.07) is 7.45. The minimum absolute atomic E-state index is 0.153. The van der Waals surface area contributed by atoms with E-state index in [1.165, 1.54) is 31.6 Å². The summed E-state index contributed by atoms with van der Waals surface area (Å²) in [5.74, 6) is -0.249. The molecule has 8 heteroatoms. The second-order valence-corrected chi connectivity index (χ2v) is 4.53. The van der Waals surface area contributed by atoms with E-state index in [4.69, 9.17) is 8.94 Å². The molecule has 0 aliphatic heterocycles. The zero-order chi connectivity index (χ0) is 16.2. The maximum atomic E-state index is 13.6. The van der Waals surface area contributed by atoms with Crippen molar-refractivity contribution in [2.24, 2.45) is 0 Å². The van der Waals surface area contributed by atoms with Crippen molar-refractivity contribution in [3.05, 3.63) is 53.9 Å². The maximum Gasteiger partial charge on any atom is 0.340 e. The Labute approximate surface area is 130 Å². The van der Waals surface area contributed by atoms with E-state index in [0.29, 0.717) is 23.2 Å². The predicted octanol–water partition coefficient (Wildman–Crippen LogP) is 2.87. The van der Waals surface area contributed by atoms with E-state index >= 15 is 0 Å². The summed E-state index contributed by atoms with van der Waals surface area (Å²) in [7, 11) is 1.19. The van der Waals surface area contributed by atoms with Gasteiger partial charge in [-0.1, -0.05) is 5.16 Å². The Morgan fingerprint density at radius 1 is 1.39 bits per heavy atom. The molecule has 0 amide bonds. The molecule has 2 heterocycles.